The van der Waals surface area contributed by atoms with Gasteiger partial charge < -0.3 is 24.5 Å². The van der Waals surface area contributed by atoms with Crippen LogP contribution in [0.4, 0.5) is 0 Å². The van der Waals surface area contributed by atoms with E-state index in [0.717, 1.165) is 11.8 Å². The molecule has 0 saturated heterocycles. The molecular weight excluding hydrogens is 490 g/mol. The number of allylic oxidation sites excluding steroid dienone is 2. The Kier molecular flexibility index (Phi) is 9.95. The van der Waals surface area contributed by atoms with Gasteiger partial charge in [0.05, 0.1) is 12.5 Å². The van der Waals surface area contributed by atoms with E-state index in [1.165, 1.54) is 11.0 Å². The molecule has 204 valence electrons. The minimum Gasteiger partial charge on any atom is -0.457 e. The Bertz CT molecular complexity index is 1170. The number of nitrogens with zero attached hydrogens (tertiary/aromatic N) is 2. The molecule has 2 N–H and O–H groups in total. The largest absolute Gasteiger partial charge is 0.457 e. The van der Waals surface area contributed by atoms with Gasteiger partial charge in [0.1, 0.15) is 23.8 Å². The molecule has 10 heteroatoms. The highest BCUT2D eigenvalue weighted by atomic mass is 16.5. The van der Waals surface area contributed by atoms with Crippen LogP contribution in [-0.2, 0) is 25.5 Å². The maximum atomic E-state index is 13.1. The first-order valence-corrected chi connectivity index (χ1v) is 12.7. The normalized spacial score (nSPS) is 25.4. The number of oxazole rings is 1. The summed E-state index contributed by atoms with van der Waals surface area (Å²) >= 11 is 0. The van der Waals surface area contributed by atoms with Crippen LogP contribution in [0.15, 0.2) is 58.4 Å². The number of carbonyl (C=O) groups is 4. The third-order valence-electron chi connectivity index (χ3n) is 6.19. The quantitative estimate of drug-likeness (QED) is 0.534. The van der Waals surface area contributed by atoms with Crippen molar-refractivity contribution < 1.29 is 33.4 Å². The minimum atomic E-state index is -1.01. The molecule has 2 amide bonds. The predicted octanol–water partition coefficient (Wildman–Crippen LogP) is 2.66. The Morgan fingerprint density at radius 1 is 1.18 bits per heavy atom. The molecule has 1 aromatic rings. The van der Waals surface area contributed by atoms with Crippen molar-refractivity contribution in [2.45, 2.75) is 59.2 Å². The third-order valence-corrected chi connectivity index (χ3v) is 6.19. The summed E-state index contributed by atoms with van der Waals surface area (Å²) in [6.07, 6.45) is 9.48. The smallest absolute Gasteiger partial charge is 0.355 e. The van der Waals surface area contributed by atoms with Crippen LogP contribution < -0.4 is 5.32 Å². The summed E-state index contributed by atoms with van der Waals surface area (Å²) in [7, 11) is 0. The van der Waals surface area contributed by atoms with E-state index in [9.17, 15) is 24.3 Å². The third kappa shape index (κ3) is 7.85. The number of aromatic nitrogens is 1. The molecule has 10 nitrogen and oxygen atoms in total. The summed E-state index contributed by atoms with van der Waals surface area (Å²) < 4.78 is 11.1. The van der Waals surface area contributed by atoms with Gasteiger partial charge in [-0.1, -0.05) is 56.7 Å². The lowest BCUT2D eigenvalue weighted by molar-refractivity contribution is -0.149. The Morgan fingerprint density at radius 3 is 2.68 bits per heavy atom. The number of nitrogens with one attached hydrogen (secondary N) is 1. The van der Waals surface area contributed by atoms with E-state index in [2.05, 4.69) is 10.3 Å². The number of esters is 1. The number of aliphatic hydroxyl groups excluding tert-OH is 1. The average Bonchev–Trinajstić information content (AvgIpc) is 3.52. The first-order valence-electron chi connectivity index (χ1n) is 12.7. The van der Waals surface area contributed by atoms with Gasteiger partial charge in [-0.15, -0.1) is 0 Å². The summed E-state index contributed by atoms with van der Waals surface area (Å²) in [5.74, 6) is -2.07. The molecule has 2 aliphatic rings. The fourth-order valence-corrected chi connectivity index (χ4v) is 4.33. The number of cyclic esters (lactones) is 1. The average molecular weight is 526 g/mol. The van der Waals surface area contributed by atoms with Gasteiger partial charge >= 0.3 is 5.97 Å². The monoisotopic (exact) mass is 525 g/mol. The van der Waals surface area contributed by atoms with Crippen molar-refractivity contribution in [2.75, 3.05) is 13.1 Å². The molecule has 3 heterocycles. The highest BCUT2D eigenvalue weighted by Crippen LogP contribution is 2.24. The Morgan fingerprint density at radius 2 is 1.95 bits per heavy atom. The van der Waals surface area contributed by atoms with E-state index >= 15 is 0 Å². The molecule has 0 spiro atoms. The van der Waals surface area contributed by atoms with Gasteiger partial charge in [0.2, 0.25) is 11.8 Å². The first kappa shape index (κ1) is 28.8. The van der Waals surface area contributed by atoms with Crippen LogP contribution in [0.2, 0.25) is 0 Å². The van der Waals surface area contributed by atoms with E-state index in [0.29, 0.717) is 6.42 Å². The van der Waals surface area contributed by atoms with E-state index in [-0.39, 0.29) is 66.7 Å². The Balaban J connectivity index is 1.86. The van der Waals surface area contributed by atoms with Crippen molar-refractivity contribution in [2.24, 2.45) is 11.8 Å². The highest BCUT2D eigenvalue weighted by Gasteiger charge is 2.33. The van der Waals surface area contributed by atoms with Gasteiger partial charge in [0.15, 0.2) is 5.69 Å². The van der Waals surface area contributed by atoms with Gasteiger partial charge in [-0.25, -0.2) is 9.78 Å². The standard InChI is InChI=1S/C28H35N3O7/c1-17(2)26-19(4)9-10-24(34)29-11-5-7-18(3)13-20(32)14-21(33)15-25-30-22(16-37-25)27(35)31-12-6-8-23(31)28(36)38-26/h5,7-10,13,16-17,19-20,26,32H,6,11-12,14-15H2,1-4H3,(H,29,34)/b7-5?,10-9+,18-13?/t19-,20-,26-/m1/s1. The van der Waals surface area contributed by atoms with E-state index in [4.69, 9.17) is 9.15 Å². The van der Waals surface area contributed by atoms with Crippen LogP contribution in [0.25, 0.3) is 0 Å². The van der Waals surface area contributed by atoms with E-state index in [1.807, 2.05) is 20.8 Å². The molecule has 0 radical (unpaired) electrons. The van der Waals surface area contributed by atoms with E-state index < -0.39 is 24.1 Å². The van der Waals surface area contributed by atoms with Crippen LogP contribution in [0.1, 0.15) is 56.9 Å². The zero-order chi connectivity index (χ0) is 27.8. The fraction of sp³-hybridized carbons (Fsp3) is 0.464. The lowest BCUT2D eigenvalue weighted by Crippen LogP contribution is -2.36. The van der Waals surface area contributed by atoms with Crippen molar-refractivity contribution in [3.63, 3.8) is 0 Å². The number of amides is 2. The molecule has 2 aliphatic heterocycles. The molecular formula is C28H35N3O7. The number of hydrogen-bond acceptors (Lipinski definition) is 8. The molecule has 0 fully saturated rings. The number of ketones is 1. The number of carbonyl (C=O) groups excluding carboxylic acids is 4. The van der Waals surface area contributed by atoms with Crippen molar-refractivity contribution in [3.8, 4) is 0 Å². The molecule has 2 bridgehead atoms. The molecule has 3 rings (SSSR count). The summed E-state index contributed by atoms with van der Waals surface area (Å²) in [4.78, 5) is 56.3. The van der Waals surface area contributed by atoms with Crippen LogP contribution in [0.5, 0.6) is 0 Å². The lowest BCUT2D eigenvalue weighted by atomic mass is 9.94. The number of fused-ring (bicyclic) bond motifs is 3. The predicted molar refractivity (Wildman–Crippen MR) is 139 cm³/mol. The summed E-state index contributed by atoms with van der Waals surface area (Å²) in [6.45, 7) is 8.00. The van der Waals surface area contributed by atoms with Crippen LogP contribution in [0.3, 0.4) is 0 Å². The minimum absolute atomic E-state index is 0.0315. The highest BCUT2D eigenvalue weighted by molar-refractivity contribution is 6.00. The van der Waals surface area contributed by atoms with Gasteiger partial charge in [0, 0.05) is 25.4 Å². The Hall–Kier alpha value is -3.79. The molecule has 0 aromatic carbocycles. The maximum absolute atomic E-state index is 13.1. The SMILES string of the molecule is CC1=C[C@@H](O)CC(=O)Cc2nc(co2)C(=O)N2CCC=C2C(=O)O[C@H](C(C)C)[C@H](C)/C=C/C(=O)NCC=C1. The number of aliphatic hydroxyl groups is 1. The number of ether oxygens (including phenoxy) is 1. The van der Waals surface area contributed by atoms with Crippen LogP contribution in [-0.4, -0.2) is 63.9 Å². The fourth-order valence-electron chi connectivity index (χ4n) is 4.33. The first-order chi connectivity index (χ1) is 18.0. The molecule has 3 atom stereocenters. The second-order valence-corrected chi connectivity index (χ2v) is 9.84. The molecule has 0 unspecified atom stereocenters. The molecule has 1 aromatic heterocycles. The zero-order valence-corrected chi connectivity index (χ0v) is 22.2. The van der Waals surface area contributed by atoms with Gasteiger partial charge in [-0.05, 0) is 25.3 Å². The second kappa shape index (κ2) is 13.1. The lowest BCUT2D eigenvalue weighted by Gasteiger charge is -2.27. The second-order valence-electron chi connectivity index (χ2n) is 9.84. The zero-order valence-electron chi connectivity index (χ0n) is 22.2. The van der Waals surface area contributed by atoms with Crippen molar-refractivity contribution >= 4 is 23.6 Å². The molecule has 0 aliphatic carbocycles. The van der Waals surface area contributed by atoms with Gasteiger partial charge in [0.25, 0.3) is 5.91 Å². The molecule has 38 heavy (non-hydrogen) atoms. The van der Waals surface area contributed by atoms with Gasteiger partial charge in [-0.3, -0.25) is 14.4 Å². The van der Waals surface area contributed by atoms with Crippen LogP contribution in [0, 0.1) is 11.8 Å². The number of Topliss-reactive ketones (excluding diaryl/α,β-unsaturated/α-hetero) is 1. The molecule has 0 saturated carbocycles. The summed E-state index contributed by atoms with van der Waals surface area (Å²) in [6, 6.07) is 0. The number of rotatable bonds is 1. The summed E-state index contributed by atoms with van der Waals surface area (Å²) in [5.41, 5.74) is 0.809. The summed E-state index contributed by atoms with van der Waals surface area (Å²) in [5, 5.41) is 13.0. The van der Waals surface area contributed by atoms with Crippen molar-refractivity contribution in [1.82, 2.24) is 15.2 Å². The topological polar surface area (TPSA) is 139 Å². The van der Waals surface area contributed by atoms with Crippen LogP contribution >= 0.6 is 0 Å². The van der Waals surface area contributed by atoms with Crippen molar-refractivity contribution in [1.29, 1.82) is 0 Å². The maximum Gasteiger partial charge on any atom is 0.355 e. The van der Waals surface area contributed by atoms with E-state index in [1.54, 1.807) is 37.3 Å². The van der Waals surface area contributed by atoms with Crippen molar-refractivity contribution in [3.05, 3.63) is 65.6 Å². The van der Waals surface area contributed by atoms with Gasteiger partial charge in [-0.2, -0.15) is 0 Å². The number of hydrogen-bond donors (Lipinski definition) is 2. The Labute approximate surface area is 222 Å².